The van der Waals surface area contributed by atoms with Gasteiger partial charge < -0.3 is 10.1 Å². The monoisotopic (exact) mass is 375 g/mol. The highest BCUT2D eigenvalue weighted by Gasteiger charge is 2.12. The minimum Gasteiger partial charge on any atom is -0.497 e. The summed E-state index contributed by atoms with van der Waals surface area (Å²) < 4.78 is 5.96. The van der Waals surface area contributed by atoms with Gasteiger partial charge in [-0.3, -0.25) is 9.59 Å². The normalized spacial score (nSPS) is 10.3. The van der Waals surface area contributed by atoms with Crippen LogP contribution in [0.25, 0.3) is 0 Å². The van der Waals surface area contributed by atoms with E-state index in [0.717, 1.165) is 10.0 Å². The SMILES string of the molecule is COc1cccc(C=NNC(=O)C(=O)Nc2ccc(Br)cc2)c1. The Bertz CT molecular complexity index is 730. The Morgan fingerprint density at radius 1 is 1.13 bits per heavy atom. The van der Waals surface area contributed by atoms with Crippen molar-refractivity contribution in [1.82, 2.24) is 5.43 Å². The third-order valence-electron chi connectivity index (χ3n) is 2.78. The second-order valence-electron chi connectivity index (χ2n) is 4.44. The number of carbonyl (C=O) groups excluding carboxylic acids is 2. The molecule has 0 bridgehead atoms. The van der Waals surface area contributed by atoms with Gasteiger partial charge in [-0.2, -0.15) is 5.10 Å². The number of halogens is 1. The van der Waals surface area contributed by atoms with Gasteiger partial charge >= 0.3 is 11.8 Å². The molecule has 0 heterocycles. The van der Waals surface area contributed by atoms with Crippen LogP contribution in [0.15, 0.2) is 58.1 Å². The Kier molecular flexibility index (Phi) is 5.87. The Morgan fingerprint density at radius 2 is 1.87 bits per heavy atom. The topological polar surface area (TPSA) is 79.8 Å². The van der Waals surface area contributed by atoms with Crippen molar-refractivity contribution in [3.8, 4) is 5.75 Å². The van der Waals surface area contributed by atoms with E-state index in [-0.39, 0.29) is 0 Å². The molecule has 2 aromatic carbocycles. The fraction of sp³-hybridized carbons (Fsp3) is 0.0625. The fourth-order valence-corrected chi connectivity index (χ4v) is 1.92. The summed E-state index contributed by atoms with van der Waals surface area (Å²) in [5.74, 6) is -0.976. The molecule has 0 saturated carbocycles. The number of nitrogens with one attached hydrogen (secondary N) is 2. The first-order valence-corrected chi connectivity index (χ1v) is 7.42. The predicted molar refractivity (Wildman–Crippen MR) is 91.5 cm³/mol. The molecule has 2 aromatic rings. The van der Waals surface area contributed by atoms with Crippen LogP contribution in [0.4, 0.5) is 5.69 Å². The average Bonchev–Trinajstić information content (AvgIpc) is 2.57. The van der Waals surface area contributed by atoms with Crippen molar-refractivity contribution in [3.63, 3.8) is 0 Å². The highest BCUT2D eigenvalue weighted by molar-refractivity contribution is 9.10. The summed E-state index contributed by atoms with van der Waals surface area (Å²) in [5.41, 5.74) is 3.42. The van der Waals surface area contributed by atoms with Gasteiger partial charge in [0.05, 0.1) is 13.3 Å². The summed E-state index contributed by atoms with van der Waals surface area (Å²) in [7, 11) is 1.56. The molecule has 0 fully saturated rings. The van der Waals surface area contributed by atoms with Gasteiger partial charge in [0.2, 0.25) is 0 Å². The van der Waals surface area contributed by atoms with Crippen molar-refractivity contribution >= 4 is 39.6 Å². The molecule has 6 nitrogen and oxygen atoms in total. The number of hydrogen-bond acceptors (Lipinski definition) is 4. The largest absolute Gasteiger partial charge is 0.497 e. The summed E-state index contributed by atoms with van der Waals surface area (Å²) in [6, 6.07) is 14.0. The van der Waals surface area contributed by atoms with Crippen molar-refractivity contribution in [2.24, 2.45) is 5.10 Å². The lowest BCUT2D eigenvalue weighted by Gasteiger charge is -2.04. The van der Waals surface area contributed by atoms with Gasteiger partial charge in [0.1, 0.15) is 5.75 Å². The van der Waals surface area contributed by atoms with Crippen LogP contribution in [0.3, 0.4) is 0 Å². The number of anilines is 1. The molecule has 0 spiro atoms. The fourth-order valence-electron chi connectivity index (χ4n) is 1.66. The number of methoxy groups -OCH3 is 1. The molecular weight excluding hydrogens is 362 g/mol. The molecule has 118 valence electrons. The number of hydrazone groups is 1. The van der Waals surface area contributed by atoms with E-state index in [2.05, 4.69) is 31.8 Å². The minimum absolute atomic E-state index is 0.519. The Hall–Kier alpha value is -2.67. The highest BCUT2D eigenvalue weighted by Crippen LogP contribution is 2.14. The first kappa shape index (κ1) is 16.7. The maximum absolute atomic E-state index is 11.7. The third kappa shape index (κ3) is 5.23. The smallest absolute Gasteiger partial charge is 0.329 e. The second kappa shape index (κ2) is 8.09. The van der Waals surface area contributed by atoms with Crippen LogP contribution in [0, 0.1) is 0 Å². The van der Waals surface area contributed by atoms with Crippen LogP contribution < -0.4 is 15.5 Å². The van der Waals surface area contributed by atoms with Gasteiger partial charge in [0.15, 0.2) is 0 Å². The van der Waals surface area contributed by atoms with Gasteiger partial charge in [-0.25, -0.2) is 5.43 Å². The molecular formula is C16H14BrN3O3. The van der Waals surface area contributed by atoms with Crippen LogP contribution in [-0.2, 0) is 9.59 Å². The van der Waals surface area contributed by atoms with Gasteiger partial charge in [0, 0.05) is 10.2 Å². The first-order valence-electron chi connectivity index (χ1n) is 6.62. The van der Waals surface area contributed by atoms with E-state index in [1.54, 1.807) is 55.6 Å². The lowest BCUT2D eigenvalue weighted by molar-refractivity contribution is -0.136. The molecule has 0 aliphatic carbocycles. The molecule has 0 radical (unpaired) electrons. The van der Waals surface area contributed by atoms with Gasteiger partial charge in [-0.1, -0.05) is 28.1 Å². The van der Waals surface area contributed by atoms with Crippen molar-refractivity contribution in [2.45, 2.75) is 0 Å². The number of benzene rings is 2. The molecule has 2 amide bonds. The van der Waals surface area contributed by atoms with E-state index in [9.17, 15) is 9.59 Å². The first-order chi connectivity index (χ1) is 11.1. The molecule has 0 saturated heterocycles. The van der Waals surface area contributed by atoms with E-state index in [1.165, 1.54) is 6.21 Å². The van der Waals surface area contributed by atoms with Gasteiger partial charge in [-0.15, -0.1) is 0 Å². The molecule has 7 heteroatoms. The molecule has 0 aliphatic rings. The quantitative estimate of drug-likeness (QED) is 0.489. The van der Waals surface area contributed by atoms with E-state index < -0.39 is 11.8 Å². The zero-order chi connectivity index (χ0) is 16.7. The van der Waals surface area contributed by atoms with Crippen LogP contribution in [0.5, 0.6) is 5.75 Å². The number of nitrogens with zero attached hydrogens (tertiary/aromatic N) is 1. The van der Waals surface area contributed by atoms with E-state index in [4.69, 9.17) is 4.74 Å². The van der Waals surface area contributed by atoms with E-state index >= 15 is 0 Å². The third-order valence-corrected chi connectivity index (χ3v) is 3.31. The predicted octanol–water partition coefficient (Wildman–Crippen LogP) is 2.55. The van der Waals surface area contributed by atoms with Crippen molar-refractivity contribution in [1.29, 1.82) is 0 Å². The summed E-state index contributed by atoms with van der Waals surface area (Å²) in [5, 5.41) is 6.22. The second-order valence-corrected chi connectivity index (χ2v) is 5.35. The Balaban J connectivity index is 1.89. The lowest BCUT2D eigenvalue weighted by Crippen LogP contribution is -2.32. The number of amides is 2. The minimum atomic E-state index is -0.855. The molecule has 2 rings (SSSR count). The summed E-state index contributed by atoms with van der Waals surface area (Å²) in [6.45, 7) is 0. The van der Waals surface area contributed by atoms with Crippen LogP contribution in [0.2, 0.25) is 0 Å². The molecule has 23 heavy (non-hydrogen) atoms. The molecule has 0 atom stereocenters. The number of rotatable bonds is 4. The number of hydrogen-bond donors (Lipinski definition) is 2. The molecule has 0 unspecified atom stereocenters. The van der Waals surface area contributed by atoms with Gasteiger partial charge in [-0.05, 0) is 42.0 Å². The summed E-state index contributed by atoms with van der Waals surface area (Å²) in [4.78, 5) is 23.4. The summed E-state index contributed by atoms with van der Waals surface area (Å²) in [6.07, 6.45) is 1.42. The lowest BCUT2D eigenvalue weighted by atomic mass is 10.2. The Morgan fingerprint density at radius 3 is 2.57 bits per heavy atom. The maximum atomic E-state index is 11.7. The molecule has 0 aliphatic heterocycles. The highest BCUT2D eigenvalue weighted by atomic mass is 79.9. The zero-order valence-corrected chi connectivity index (χ0v) is 13.8. The zero-order valence-electron chi connectivity index (χ0n) is 12.2. The van der Waals surface area contributed by atoms with Crippen LogP contribution in [0.1, 0.15) is 5.56 Å². The van der Waals surface area contributed by atoms with Crippen molar-refractivity contribution in [2.75, 3.05) is 12.4 Å². The van der Waals surface area contributed by atoms with Gasteiger partial charge in [0.25, 0.3) is 0 Å². The average molecular weight is 376 g/mol. The Labute approximate surface area is 141 Å². The van der Waals surface area contributed by atoms with Crippen LogP contribution in [-0.4, -0.2) is 25.1 Å². The van der Waals surface area contributed by atoms with Crippen molar-refractivity contribution in [3.05, 3.63) is 58.6 Å². The molecule has 2 N–H and O–H groups in total. The summed E-state index contributed by atoms with van der Waals surface area (Å²) >= 11 is 3.29. The van der Waals surface area contributed by atoms with E-state index in [1.807, 2.05) is 0 Å². The standard InChI is InChI=1S/C16H14BrN3O3/c1-23-14-4-2-3-11(9-14)10-18-20-16(22)15(21)19-13-7-5-12(17)6-8-13/h2-10H,1H3,(H,19,21)(H,20,22). The maximum Gasteiger partial charge on any atom is 0.329 e. The molecule has 0 aromatic heterocycles. The van der Waals surface area contributed by atoms with E-state index in [0.29, 0.717) is 11.4 Å². The number of ether oxygens (including phenoxy) is 1. The van der Waals surface area contributed by atoms with Crippen molar-refractivity contribution < 1.29 is 14.3 Å². The van der Waals surface area contributed by atoms with Crippen LogP contribution >= 0.6 is 15.9 Å². The number of carbonyl (C=O) groups is 2.